The van der Waals surface area contributed by atoms with Crippen LogP contribution in [0.3, 0.4) is 0 Å². The van der Waals surface area contributed by atoms with Gasteiger partial charge >= 0.3 is 6.09 Å². The molecule has 2 aromatic carbocycles. The molecule has 3 rings (SSSR count). The minimum atomic E-state index is -0.530. The van der Waals surface area contributed by atoms with Crippen LogP contribution in [0.4, 0.5) is 4.79 Å². The van der Waals surface area contributed by atoms with Crippen molar-refractivity contribution in [2.45, 2.75) is 44.8 Å². The highest BCUT2D eigenvalue weighted by Crippen LogP contribution is 2.26. The molecule has 0 saturated carbocycles. The summed E-state index contributed by atoms with van der Waals surface area (Å²) in [7, 11) is 0. The van der Waals surface area contributed by atoms with Crippen molar-refractivity contribution < 1.29 is 14.3 Å². The molecule has 0 unspecified atom stereocenters. The Kier molecular flexibility index (Phi) is 7.69. The molecule has 0 spiro atoms. The van der Waals surface area contributed by atoms with Crippen molar-refractivity contribution in [3.63, 3.8) is 0 Å². The number of nitrogens with one attached hydrogen (secondary N) is 2. The Balaban J connectivity index is 1.63. The van der Waals surface area contributed by atoms with Crippen molar-refractivity contribution in [2.24, 2.45) is 0 Å². The van der Waals surface area contributed by atoms with Crippen LogP contribution in [0.5, 0.6) is 0 Å². The molecule has 31 heavy (non-hydrogen) atoms. The van der Waals surface area contributed by atoms with Crippen LogP contribution in [0.15, 0.2) is 60.7 Å². The summed E-state index contributed by atoms with van der Waals surface area (Å²) >= 11 is 0. The molecule has 1 fully saturated rings. The van der Waals surface area contributed by atoms with Crippen molar-refractivity contribution in [1.29, 1.82) is 0 Å². The Labute approximate surface area is 185 Å². The molecule has 1 aliphatic heterocycles. The van der Waals surface area contributed by atoms with Gasteiger partial charge in [0.25, 0.3) is 0 Å². The fraction of sp³-hybridized carbons (Fsp3) is 0.440. The number of rotatable bonds is 6. The summed E-state index contributed by atoms with van der Waals surface area (Å²) in [5.41, 5.74) is 1.86. The van der Waals surface area contributed by atoms with E-state index in [1.807, 2.05) is 62.1 Å². The van der Waals surface area contributed by atoms with E-state index in [0.717, 1.165) is 6.42 Å². The quantitative estimate of drug-likeness (QED) is 0.746. The van der Waals surface area contributed by atoms with Gasteiger partial charge in [-0.3, -0.25) is 4.79 Å². The first-order valence-corrected chi connectivity index (χ1v) is 10.9. The van der Waals surface area contributed by atoms with Gasteiger partial charge in [-0.2, -0.15) is 0 Å². The Morgan fingerprint density at radius 2 is 1.68 bits per heavy atom. The van der Waals surface area contributed by atoms with Gasteiger partial charge in [0.1, 0.15) is 5.60 Å². The molecule has 6 nitrogen and oxygen atoms in total. The summed E-state index contributed by atoms with van der Waals surface area (Å²) in [6.45, 7) is 7.46. The lowest BCUT2D eigenvalue weighted by atomic mass is 9.90. The fourth-order valence-corrected chi connectivity index (χ4v) is 3.76. The number of hydrogen-bond acceptors (Lipinski definition) is 4. The number of carbonyl (C=O) groups excluding carboxylic acids is 2. The summed E-state index contributed by atoms with van der Waals surface area (Å²) in [6, 6.07) is 20.7. The smallest absolute Gasteiger partial charge is 0.407 e. The van der Waals surface area contributed by atoms with E-state index in [1.165, 1.54) is 11.1 Å². The summed E-state index contributed by atoms with van der Waals surface area (Å²) in [4.78, 5) is 26.7. The average molecular weight is 424 g/mol. The molecule has 6 heteroatoms. The largest absolute Gasteiger partial charge is 0.444 e. The molecule has 1 heterocycles. The van der Waals surface area contributed by atoms with Gasteiger partial charge in [0.2, 0.25) is 5.91 Å². The molecule has 1 atom stereocenters. The normalized spacial score (nSPS) is 17.4. The maximum absolute atomic E-state index is 12.8. The van der Waals surface area contributed by atoms with Crippen LogP contribution in [0.25, 0.3) is 0 Å². The lowest BCUT2D eigenvalue weighted by Gasteiger charge is -2.27. The molecule has 2 amide bonds. The monoisotopic (exact) mass is 423 g/mol. The maximum Gasteiger partial charge on any atom is 0.407 e. The van der Waals surface area contributed by atoms with Gasteiger partial charge in [-0.25, -0.2) is 4.79 Å². The Morgan fingerprint density at radius 1 is 1.10 bits per heavy atom. The third kappa shape index (κ3) is 7.10. The second-order valence-electron chi connectivity index (χ2n) is 8.96. The van der Waals surface area contributed by atoms with E-state index >= 15 is 0 Å². The number of alkyl carbamates (subject to hydrolysis) is 1. The second kappa shape index (κ2) is 10.4. The lowest BCUT2D eigenvalue weighted by Crippen LogP contribution is -2.43. The van der Waals surface area contributed by atoms with Gasteiger partial charge in [0.05, 0.1) is 6.54 Å². The second-order valence-corrected chi connectivity index (χ2v) is 8.96. The molecule has 2 N–H and O–H groups in total. The van der Waals surface area contributed by atoms with E-state index in [2.05, 4.69) is 34.9 Å². The fourth-order valence-electron chi connectivity index (χ4n) is 3.76. The van der Waals surface area contributed by atoms with Gasteiger partial charge < -0.3 is 20.3 Å². The van der Waals surface area contributed by atoms with E-state index in [0.29, 0.717) is 19.6 Å². The predicted octanol–water partition coefficient (Wildman–Crippen LogP) is 3.53. The molecular weight excluding hydrogens is 390 g/mol. The van der Waals surface area contributed by atoms with E-state index < -0.39 is 11.7 Å². The van der Waals surface area contributed by atoms with Gasteiger partial charge in [0, 0.05) is 31.6 Å². The Bertz CT molecular complexity index is 810. The molecular formula is C25H33N3O3. The molecule has 0 bridgehead atoms. The molecule has 0 aliphatic carbocycles. The van der Waals surface area contributed by atoms with Gasteiger partial charge in [-0.1, -0.05) is 60.7 Å². The predicted molar refractivity (Wildman–Crippen MR) is 122 cm³/mol. The first-order chi connectivity index (χ1) is 14.8. The minimum absolute atomic E-state index is 0.0216. The Hall–Kier alpha value is -2.86. The molecule has 0 aromatic heterocycles. The third-order valence-corrected chi connectivity index (χ3v) is 5.34. The first-order valence-electron chi connectivity index (χ1n) is 10.9. The average Bonchev–Trinajstić information content (AvgIpc) is 2.92. The van der Waals surface area contributed by atoms with Crippen molar-refractivity contribution in [3.05, 3.63) is 71.8 Å². The zero-order chi connectivity index (χ0) is 22.3. The number of amides is 2. The Morgan fingerprint density at radius 3 is 2.23 bits per heavy atom. The van der Waals surface area contributed by atoms with Crippen LogP contribution in [-0.4, -0.2) is 54.7 Å². The SMILES string of the molecule is CC(C)(C)OC(=O)NC[C@@H]1CCN(CC(c2ccccc2)c2ccccc2)C(=O)CN1. The van der Waals surface area contributed by atoms with E-state index in [1.54, 1.807) is 0 Å². The zero-order valence-corrected chi connectivity index (χ0v) is 18.6. The van der Waals surface area contributed by atoms with Crippen LogP contribution < -0.4 is 10.6 Å². The van der Waals surface area contributed by atoms with Crippen molar-refractivity contribution in [2.75, 3.05) is 26.2 Å². The highest BCUT2D eigenvalue weighted by molar-refractivity contribution is 5.78. The number of benzene rings is 2. The van der Waals surface area contributed by atoms with Crippen LogP contribution >= 0.6 is 0 Å². The van der Waals surface area contributed by atoms with Crippen LogP contribution in [0, 0.1) is 0 Å². The summed E-state index contributed by atoms with van der Waals surface area (Å²) < 4.78 is 5.30. The summed E-state index contributed by atoms with van der Waals surface area (Å²) in [6.07, 6.45) is 0.327. The molecule has 0 radical (unpaired) electrons. The van der Waals surface area contributed by atoms with Gasteiger partial charge in [-0.05, 0) is 38.3 Å². The standard InChI is InChI=1S/C25H33N3O3/c1-25(2,3)31-24(30)27-16-21-14-15-28(23(29)17-26-21)18-22(19-10-6-4-7-11-19)20-12-8-5-9-13-20/h4-13,21-22,26H,14-18H2,1-3H3,(H,27,30)/t21-/m0/s1. The molecule has 1 aliphatic rings. The van der Waals surface area contributed by atoms with Crippen molar-refractivity contribution >= 4 is 12.0 Å². The van der Waals surface area contributed by atoms with Crippen LogP contribution in [0.2, 0.25) is 0 Å². The van der Waals surface area contributed by atoms with Crippen LogP contribution in [0.1, 0.15) is 44.2 Å². The van der Waals surface area contributed by atoms with Crippen molar-refractivity contribution in [3.8, 4) is 0 Å². The lowest BCUT2D eigenvalue weighted by molar-refractivity contribution is -0.129. The third-order valence-electron chi connectivity index (χ3n) is 5.34. The van der Waals surface area contributed by atoms with E-state index in [9.17, 15) is 9.59 Å². The van der Waals surface area contributed by atoms with Gasteiger partial charge in [0.15, 0.2) is 0 Å². The van der Waals surface area contributed by atoms with Gasteiger partial charge in [-0.15, -0.1) is 0 Å². The van der Waals surface area contributed by atoms with E-state index in [4.69, 9.17) is 4.74 Å². The van der Waals surface area contributed by atoms with E-state index in [-0.39, 0.29) is 24.4 Å². The number of nitrogens with zero attached hydrogens (tertiary/aromatic N) is 1. The zero-order valence-electron chi connectivity index (χ0n) is 18.6. The van der Waals surface area contributed by atoms with Crippen LogP contribution in [-0.2, 0) is 9.53 Å². The highest BCUT2D eigenvalue weighted by Gasteiger charge is 2.26. The molecule has 2 aromatic rings. The highest BCUT2D eigenvalue weighted by atomic mass is 16.6. The minimum Gasteiger partial charge on any atom is -0.444 e. The van der Waals surface area contributed by atoms with Crippen molar-refractivity contribution in [1.82, 2.24) is 15.5 Å². The summed E-state index contributed by atoms with van der Waals surface area (Å²) in [5, 5.41) is 6.08. The first kappa shape index (κ1) is 22.8. The number of ether oxygens (including phenoxy) is 1. The summed E-state index contributed by atoms with van der Waals surface area (Å²) in [5.74, 6) is 0.194. The molecule has 1 saturated heterocycles. The topological polar surface area (TPSA) is 70.7 Å². The molecule has 166 valence electrons. The number of carbonyl (C=O) groups is 2. The maximum atomic E-state index is 12.8. The number of hydrogen-bond donors (Lipinski definition) is 2.